The first kappa shape index (κ1) is 29.8. The van der Waals surface area contributed by atoms with Gasteiger partial charge in [-0.05, 0) is 56.7 Å². The van der Waals surface area contributed by atoms with E-state index in [1.807, 2.05) is 26.8 Å². The summed E-state index contributed by atoms with van der Waals surface area (Å²) in [7, 11) is 0. The number of cyclic esters (lactones) is 1. The molecule has 2 heterocycles. The maximum atomic E-state index is 15.2. The molecule has 0 fully saturated rings. The zero-order valence-electron chi connectivity index (χ0n) is 22.2. The van der Waals surface area contributed by atoms with E-state index in [9.17, 15) is 19.8 Å². The van der Waals surface area contributed by atoms with Crippen LogP contribution >= 0.6 is 0 Å². The Morgan fingerprint density at radius 2 is 2.00 bits per heavy atom. The second-order valence-electron chi connectivity index (χ2n) is 10.6. The minimum absolute atomic E-state index is 0.101. The number of hydrogen-bond donors (Lipinski definition) is 2. The fourth-order valence-corrected chi connectivity index (χ4v) is 4.62. The summed E-state index contributed by atoms with van der Waals surface area (Å²) in [4.78, 5) is 30.4. The summed E-state index contributed by atoms with van der Waals surface area (Å²) in [6, 6.07) is 5.11. The number of aliphatic hydroxyl groups is 2. The third kappa shape index (κ3) is 8.34. The van der Waals surface area contributed by atoms with Crippen LogP contribution in [-0.2, 0) is 14.3 Å². The molecule has 2 rings (SSSR count). The molecule has 0 aliphatic carbocycles. The second kappa shape index (κ2) is 13.8. The molecule has 1 aromatic rings. The van der Waals surface area contributed by atoms with Gasteiger partial charge in [0.1, 0.15) is 11.6 Å². The Kier molecular flexibility index (Phi) is 11.4. The average molecular weight is 504 g/mol. The third-order valence-corrected chi connectivity index (χ3v) is 7.23. The highest BCUT2D eigenvalue weighted by molar-refractivity contribution is 5.88. The van der Waals surface area contributed by atoms with Gasteiger partial charge in [0.15, 0.2) is 6.10 Å². The molecule has 0 spiro atoms. The number of carbonyl (C=O) groups is 2. The van der Waals surface area contributed by atoms with Crippen molar-refractivity contribution >= 4 is 17.8 Å². The van der Waals surface area contributed by atoms with Crippen LogP contribution in [0.5, 0.6) is 0 Å². The Labute approximate surface area is 214 Å². The first-order valence-electron chi connectivity index (χ1n) is 13.0. The summed E-state index contributed by atoms with van der Waals surface area (Å²) in [6.07, 6.45) is 4.48. The fourth-order valence-electron chi connectivity index (χ4n) is 4.62. The van der Waals surface area contributed by atoms with Gasteiger partial charge in [-0.1, -0.05) is 51.8 Å². The van der Waals surface area contributed by atoms with E-state index in [1.54, 1.807) is 38.2 Å². The van der Waals surface area contributed by atoms with Gasteiger partial charge in [0.25, 0.3) is 0 Å². The van der Waals surface area contributed by atoms with Crippen LogP contribution in [0.1, 0.15) is 85.3 Å². The van der Waals surface area contributed by atoms with Crippen LogP contribution in [-0.4, -0.2) is 45.3 Å². The van der Waals surface area contributed by atoms with Gasteiger partial charge >= 0.3 is 5.97 Å². The molecular formula is C29H42FNO5. The molecule has 1 aliphatic rings. The van der Waals surface area contributed by atoms with Gasteiger partial charge in [-0.25, -0.2) is 4.39 Å². The van der Waals surface area contributed by atoms with Crippen molar-refractivity contribution < 1.29 is 28.9 Å². The Hall–Kier alpha value is -2.38. The molecule has 7 heteroatoms. The number of ketones is 1. The molecule has 5 atom stereocenters. The van der Waals surface area contributed by atoms with Gasteiger partial charge in [0.05, 0.1) is 29.7 Å². The zero-order chi connectivity index (χ0) is 26.9. The maximum absolute atomic E-state index is 15.2. The van der Waals surface area contributed by atoms with E-state index in [0.717, 1.165) is 24.8 Å². The predicted molar refractivity (Wildman–Crippen MR) is 138 cm³/mol. The third-order valence-electron chi connectivity index (χ3n) is 7.23. The number of halogens is 1. The minimum Gasteiger partial charge on any atom is -0.455 e. The van der Waals surface area contributed by atoms with Crippen molar-refractivity contribution in [3.05, 3.63) is 47.6 Å². The normalized spacial score (nSPS) is 30.8. The van der Waals surface area contributed by atoms with Gasteiger partial charge in [-0.15, -0.1) is 0 Å². The highest BCUT2D eigenvalue weighted by Crippen LogP contribution is 2.34. The largest absolute Gasteiger partial charge is 0.455 e. The van der Waals surface area contributed by atoms with Crippen molar-refractivity contribution in [3.8, 4) is 0 Å². The molecule has 0 amide bonds. The number of Topliss-reactive ketones (excluding diaryl/α,β-unsaturated/α-hetero) is 1. The number of carbonyl (C=O) groups excluding carboxylic acids is 2. The Morgan fingerprint density at radius 3 is 2.64 bits per heavy atom. The highest BCUT2D eigenvalue weighted by Gasteiger charge is 2.43. The second-order valence-corrected chi connectivity index (χ2v) is 10.6. The van der Waals surface area contributed by atoms with Gasteiger partial charge < -0.3 is 14.9 Å². The Balaban J connectivity index is 2.37. The quantitative estimate of drug-likeness (QED) is 0.411. The van der Waals surface area contributed by atoms with Crippen LogP contribution < -0.4 is 0 Å². The van der Waals surface area contributed by atoms with Gasteiger partial charge in [0, 0.05) is 18.5 Å². The van der Waals surface area contributed by atoms with Crippen molar-refractivity contribution in [1.29, 1.82) is 0 Å². The predicted octanol–water partition coefficient (Wildman–Crippen LogP) is 5.58. The number of hydrogen-bond acceptors (Lipinski definition) is 6. The number of nitrogens with zero attached hydrogens (tertiary/aromatic N) is 1. The van der Waals surface area contributed by atoms with Gasteiger partial charge in [-0.3, -0.25) is 14.6 Å². The van der Waals surface area contributed by atoms with Crippen molar-refractivity contribution in [2.75, 3.05) is 0 Å². The SMILES string of the molecule is CCC[C@H]1C(=O)C(C)(C)[C@@H](O)CC(=O)O[C@H](/C(F)=C/c2ccccn2)C/C=C(/C)CCC[C@H](C)[C@@H]1O. The van der Waals surface area contributed by atoms with Crippen molar-refractivity contribution in [2.45, 2.75) is 97.9 Å². The number of allylic oxidation sites excluding steroid dienone is 1. The molecule has 0 saturated heterocycles. The van der Waals surface area contributed by atoms with E-state index in [-0.39, 0.29) is 18.1 Å². The Bertz CT molecular complexity index is 927. The first-order valence-corrected chi connectivity index (χ1v) is 13.0. The van der Waals surface area contributed by atoms with Crippen LogP contribution in [0, 0.1) is 17.3 Å². The molecule has 2 N–H and O–H groups in total. The molecule has 0 radical (unpaired) electrons. The maximum Gasteiger partial charge on any atom is 0.309 e. The van der Waals surface area contributed by atoms with Crippen LogP contribution in [0.2, 0.25) is 0 Å². The summed E-state index contributed by atoms with van der Waals surface area (Å²) in [5.74, 6) is -2.45. The summed E-state index contributed by atoms with van der Waals surface area (Å²) in [5.41, 5.74) is 0.142. The summed E-state index contributed by atoms with van der Waals surface area (Å²) < 4.78 is 20.6. The molecule has 36 heavy (non-hydrogen) atoms. The van der Waals surface area contributed by atoms with Crippen molar-refractivity contribution in [3.63, 3.8) is 0 Å². The van der Waals surface area contributed by atoms with Crippen LogP contribution in [0.15, 0.2) is 41.9 Å². The number of ether oxygens (including phenoxy) is 1. The summed E-state index contributed by atoms with van der Waals surface area (Å²) in [6.45, 7) is 9.01. The highest BCUT2D eigenvalue weighted by atomic mass is 19.1. The van der Waals surface area contributed by atoms with Crippen LogP contribution in [0.3, 0.4) is 0 Å². The standard InChI is InChI=1S/C29H42FNO5/c1-6-10-22-27(34)20(3)12-9-11-19(2)14-15-24(23(30)17-21-13-7-8-16-31-21)36-26(33)18-25(32)29(4,5)28(22)35/h7-8,13-14,16-17,20,22,24-25,27,32,34H,6,9-12,15,18H2,1-5H3/b19-14-,23-17-/t20-,22+,24-,25-,27-/m0/s1. The van der Waals surface area contributed by atoms with Gasteiger partial charge in [-0.2, -0.15) is 0 Å². The van der Waals surface area contributed by atoms with E-state index in [2.05, 4.69) is 4.98 Å². The first-order chi connectivity index (χ1) is 17.0. The molecule has 0 bridgehead atoms. The monoisotopic (exact) mass is 503 g/mol. The van der Waals surface area contributed by atoms with E-state index in [0.29, 0.717) is 18.5 Å². The van der Waals surface area contributed by atoms with E-state index in [1.165, 1.54) is 6.08 Å². The lowest BCUT2D eigenvalue weighted by Crippen LogP contribution is -2.46. The number of rotatable bonds is 4. The van der Waals surface area contributed by atoms with Crippen molar-refractivity contribution in [2.24, 2.45) is 17.3 Å². The van der Waals surface area contributed by atoms with Gasteiger partial charge in [0.2, 0.25) is 0 Å². The average Bonchev–Trinajstić information content (AvgIpc) is 2.84. The number of pyridine rings is 1. The summed E-state index contributed by atoms with van der Waals surface area (Å²) in [5, 5.41) is 21.9. The zero-order valence-corrected chi connectivity index (χ0v) is 22.2. The summed E-state index contributed by atoms with van der Waals surface area (Å²) >= 11 is 0. The molecule has 6 nitrogen and oxygen atoms in total. The number of aliphatic hydroxyl groups excluding tert-OH is 2. The lowest BCUT2D eigenvalue weighted by molar-refractivity contribution is -0.155. The molecule has 0 saturated carbocycles. The smallest absolute Gasteiger partial charge is 0.309 e. The van der Waals surface area contributed by atoms with E-state index in [4.69, 9.17) is 4.74 Å². The van der Waals surface area contributed by atoms with Crippen LogP contribution in [0.25, 0.3) is 6.08 Å². The molecule has 1 aliphatic heterocycles. The topological polar surface area (TPSA) is 96.7 Å². The van der Waals surface area contributed by atoms with E-state index < -0.39 is 47.9 Å². The molecule has 1 aromatic heterocycles. The van der Waals surface area contributed by atoms with E-state index >= 15 is 4.39 Å². The van der Waals surface area contributed by atoms with Crippen LogP contribution in [0.4, 0.5) is 4.39 Å². The molecule has 0 aromatic carbocycles. The lowest BCUT2D eigenvalue weighted by atomic mass is 9.71. The molecule has 200 valence electrons. The number of aromatic nitrogens is 1. The van der Waals surface area contributed by atoms with Crippen molar-refractivity contribution in [1.82, 2.24) is 4.98 Å². The fraction of sp³-hybridized carbons (Fsp3) is 0.621. The minimum atomic E-state index is -1.34. The number of esters is 1. The Morgan fingerprint density at radius 1 is 1.28 bits per heavy atom. The lowest BCUT2D eigenvalue weighted by Gasteiger charge is -2.36. The molecular weight excluding hydrogens is 461 g/mol. The molecule has 0 unspecified atom stereocenters.